The highest BCUT2D eigenvalue weighted by atomic mass is 19.1. The van der Waals surface area contributed by atoms with Gasteiger partial charge in [-0.25, -0.2) is 4.39 Å². The van der Waals surface area contributed by atoms with E-state index in [-0.39, 0.29) is 24.2 Å². The molecule has 0 saturated carbocycles. The van der Waals surface area contributed by atoms with E-state index >= 15 is 0 Å². The van der Waals surface area contributed by atoms with Gasteiger partial charge in [0.1, 0.15) is 5.82 Å². The number of carbonyl (C=O) groups excluding carboxylic acids is 2. The summed E-state index contributed by atoms with van der Waals surface area (Å²) in [6.07, 6.45) is 0. The average Bonchev–Trinajstić information content (AvgIpc) is 2.77. The van der Waals surface area contributed by atoms with Crippen LogP contribution in [0.3, 0.4) is 0 Å². The summed E-state index contributed by atoms with van der Waals surface area (Å²) in [7, 11) is 0. The van der Waals surface area contributed by atoms with Gasteiger partial charge in [-0.05, 0) is 56.3 Å². The van der Waals surface area contributed by atoms with Crippen LogP contribution in [0.4, 0.5) is 10.1 Å². The smallest absolute Gasteiger partial charge is 0.254 e. The van der Waals surface area contributed by atoms with Crippen LogP contribution in [-0.2, 0) is 4.79 Å². The molecule has 0 unspecified atom stereocenters. The number of benzene rings is 2. The van der Waals surface area contributed by atoms with Gasteiger partial charge in [0.2, 0.25) is 5.91 Å². The molecule has 2 aromatic carbocycles. The van der Waals surface area contributed by atoms with Gasteiger partial charge in [0.25, 0.3) is 5.91 Å². The first kappa shape index (κ1) is 22.6. The lowest BCUT2D eigenvalue weighted by Gasteiger charge is -2.34. The van der Waals surface area contributed by atoms with E-state index in [0.717, 1.165) is 0 Å². The van der Waals surface area contributed by atoms with Gasteiger partial charge in [0.05, 0.1) is 19.8 Å². The number of piperazine rings is 1. The van der Waals surface area contributed by atoms with Crippen LogP contribution in [0.15, 0.2) is 42.5 Å². The molecule has 0 aromatic heterocycles. The van der Waals surface area contributed by atoms with Crippen LogP contribution in [0.2, 0.25) is 0 Å². The standard InChI is InChI=1S/C23H28FN3O4/c1-3-30-20-10-5-17(15-21(20)31-4-2)23(29)27-13-11-26(12-14-27)16-22(28)25-19-8-6-18(24)7-9-19/h5-10,15H,3-4,11-14,16H2,1-2H3,(H,25,28). The Bertz CT molecular complexity index is 896. The van der Waals surface area contributed by atoms with Gasteiger partial charge in [-0.15, -0.1) is 0 Å². The van der Waals surface area contributed by atoms with Gasteiger partial charge < -0.3 is 19.7 Å². The maximum absolute atomic E-state index is 13.0. The molecule has 3 rings (SSSR count). The summed E-state index contributed by atoms with van der Waals surface area (Å²) in [6, 6.07) is 10.9. The zero-order valence-corrected chi connectivity index (χ0v) is 17.9. The summed E-state index contributed by atoms with van der Waals surface area (Å²) in [4.78, 5) is 28.9. The first-order chi connectivity index (χ1) is 15.0. The highest BCUT2D eigenvalue weighted by Gasteiger charge is 2.24. The van der Waals surface area contributed by atoms with Crippen LogP contribution < -0.4 is 14.8 Å². The molecule has 0 bridgehead atoms. The Hall–Kier alpha value is -3.13. The fourth-order valence-electron chi connectivity index (χ4n) is 3.41. The van der Waals surface area contributed by atoms with Crippen molar-refractivity contribution in [3.63, 3.8) is 0 Å². The highest BCUT2D eigenvalue weighted by Crippen LogP contribution is 2.29. The minimum Gasteiger partial charge on any atom is -0.490 e. The predicted octanol–water partition coefficient (Wildman–Crippen LogP) is 3.02. The monoisotopic (exact) mass is 429 g/mol. The van der Waals surface area contributed by atoms with E-state index in [2.05, 4.69) is 5.32 Å². The second-order valence-electron chi connectivity index (χ2n) is 7.15. The van der Waals surface area contributed by atoms with Gasteiger partial charge >= 0.3 is 0 Å². The van der Waals surface area contributed by atoms with Gasteiger partial charge in [-0.1, -0.05) is 0 Å². The molecule has 1 fully saturated rings. The lowest BCUT2D eigenvalue weighted by Crippen LogP contribution is -2.50. The number of ether oxygens (including phenoxy) is 2. The van der Waals surface area contributed by atoms with Crippen molar-refractivity contribution in [1.82, 2.24) is 9.80 Å². The van der Waals surface area contributed by atoms with Gasteiger partial charge in [-0.2, -0.15) is 0 Å². The van der Waals surface area contributed by atoms with E-state index in [1.165, 1.54) is 24.3 Å². The van der Waals surface area contributed by atoms with Crippen LogP contribution in [0.1, 0.15) is 24.2 Å². The Labute approximate surface area is 181 Å². The molecule has 8 heteroatoms. The molecule has 1 heterocycles. The van der Waals surface area contributed by atoms with Crippen molar-refractivity contribution >= 4 is 17.5 Å². The van der Waals surface area contributed by atoms with E-state index in [0.29, 0.717) is 62.1 Å². The number of hydrogen-bond acceptors (Lipinski definition) is 5. The number of anilines is 1. The minimum atomic E-state index is -0.348. The van der Waals surface area contributed by atoms with Gasteiger partial charge in [0, 0.05) is 37.4 Å². The average molecular weight is 429 g/mol. The van der Waals surface area contributed by atoms with E-state index < -0.39 is 0 Å². The van der Waals surface area contributed by atoms with Crippen LogP contribution >= 0.6 is 0 Å². The number of rotatable bonds is 8. The Balaban J connectivity index is 1.53. The summed E-state index contributed by atoms with van der Waals surface area (Å²) in [5, 5.41) is 2.76. The molecular formula is C23H28FN3O4. The lowest BCUT2D eigenvalue weighted by molar-refractivity contribution is -0.117. The zero-order chi connectivity index (χ0) is 22.2. The van der Waals surface area contributed by atoms with Crippen molar-refractivity contribution in [2.75, 3.05) is 51.3 Å². The summed E-state index contributed by atoms with van der Waals surface area (Å²) >= 11 is 0. The molecule has 2 amide bonds. The lowest BCUT2D eigenvalue weighted by atomic mass is 10.1. The van der Waals surface area contributed by atoms with E-state index in [4.69, 9.17) is 9.47 Å². The Morgan fingerprint density at radius 2 is 1.58 bits per heavy atom. The van der Waals surface area contributed by atoms with Crippen molar-refractivity contribution in [2.24, 2.45) is 0 Å². The van der Waals surface area contributed by atoms with Crippen LogP contribution in [0, 0.1) is 5.82 Å². The molecule has 0 spiro atoms. The minimum absolute atomic E-state index is 0.0700. The summed E-state index contributed by atoms with van der Waals surface area (Å²) < 4.78 is 24.1. The number of nitrogens with one attached hydrogen (secondary N) is 1. The summed E-state index contributed by atoms with van der Waals surface area (Å²) in [5.41, 5.74) is 1.11. The van der Waals surface area contributed by atoms with Gasteiger partial charge in [0.15, 0.2) is 11.5 Å². The Morgan fingerprint density at radius 1 is 0.935 bits per heavy atom. The number of nitrogens with zero attached hydrogens (tertiary/aromatic N) is 2. The molecule has 1 aliphatic heterocycles. The molecule has 1 N–H and O–H groups in total. The summed E-state index contributed by atoms with van der Waals surface area (Å²) in [6.45, 7) is 7.25. The second-order valence-corrected chi connectivity index (χ2v) is 7.15. The van der Waals surface area contributed by atoms with E-state index in [9.17, 15) is 14.0 Å². The molecule has 7 nitrogen and oxygen atoms in total. The molecular weight excluding hydrogens is 401 g/mol. The van der Waals surface area contributed by atoms with Crippen molar-refractivity contribution < 1.29 is 23.5 Å². The maximum atomic E-state index is 13.0. The molecule has 1 saturated heterocycles. The van der Waals surface area contributed by atoms with E-state index in [1.54, 1.807) is 23.1 Å². The Kier molecular flexibility index (Phi) is 7.83. The van der Waals surface area contributed by atoms with Crippen molar-refractivity contribution in [3.05, 3.63) is 53.8 Å². The molecule has 1 aliphatic rings. The number of carbonyl (C=O) groups is 2. The molecule has 0 aliphatic carbocycles. The first-order valence-electron chi connectivity index (χ1n) is 10.5. The highest BCUT2D eigenvalue weighted by molar-refractivity contribution is 5.95. The third-order valence-electron chi connectivity index (χ3n) is 4.95. The van der Waals surface area contributed by atoms with Crippen molar-refractivity contribution in [1.29, 1.82) is 0 Å². The van der Waals surface area contributed by atoms with E-state index in [1.807, 2.05) is 18.7 Å². The summed E-state index contributed by atoms with van der Waals surface area (Å²) in [5.74, 6) is 0.600. The largest absolute Gasteiger partial charge is 0.490 e. The van der Waals surface area contributed by atoms with Crippen LogP contribution in [0.5, 0.6) is 11.5 Å². The third-order valence-corrected chi connectivity index (χ3v) is 4.95. The Morgan fingerprint density at radius 3 is 2.23 bits per heavy atom. The predicted molar refractivity (Wildman–Crippen MR) is 116 cm³/mol. The second kappa shape index (κ2) is 10.8. The molecule has 166 valence electrons. The van der Waals surface area contributed by atoms with Crippen molar-refractivity contribution in [3.8, 4) is 11.5 Å². The van der Waals surface area contributed by atoms with Crippen molar-refractivity contribution in [2.45, 2.75) is 13.8 Å². The first-order valence-corrected chi connectivity index (χ1v) is 10.5. The zero-order valence-electron chi connectivity index (χ0n) is 17.9. The molecule has 0 atom stereocenters. The topological polar surface area (TPSA) is 71.1 Å². The quantitative estimate of drug-likeness (QED) is 0.699. The normalized spacial score (nSPS) is 14.2. The number of amides is 2. The van der Waals surface area contributed by atoms with Crippen LogP contribution in [-0.4, -0.2) is 67.6 Å². The SMILES string of the molecule is CCOc1ccc(C(=O)N2CCN(CC(=O)Nc3ccc(F)cc3)CC2)cc1OCC. The number of halogens is 1. The fraction of sp³-hybridized carbons (Fsp3) is 0.391. The van der Waals surface area contributed by atoms with Crippen LogP contribution in [0.25, 0.3) is 0 Å². The van der Waals surface area contributed by atoms with Gasteiger partial charge in [-0.3, -0.25) is 14.5 Å². The molecule has 0 radical (unpaired) electrons. The third kappa shape index (κ3) is 6.18. The molecule has 2 aromatic rings. The fourth-order valence-corrected chi connectivity index (χ4v) is 3.41. The molecule has 31 heavy (non-hydrogen) atoms. The number of hydrogen-bond donors (Lipinski definition) is 1. The maximum Gasteiger partial charge on any atom is 0.254 e.